The van der Waals surface area contributed by atoms with E-state index in [4.69, 9.17) is 15.2 Å². The van der Waals surface area contributed by atoms with Gasteiger partial charge in [-0.25, -0.2) is 4.39 Å². The molecule has 0 aliphatic rings. The summed E-state index contributed by atoms with van der Waals surface area (Å²) in [6.07, 6.45) is 0.716. The van der Waals surface area contributed by atoms with E-state index in [0.717, 1.165) is 0 Å². The second kappa shape index (κ2) is 6.16. The Morgan fingerprint density at radius 1 is 1.39 bits per heavy atom. The van der Waals surface area contributed by atoms with Gasteiger partial charge in [0.05, 0.1) is 18.8 Å². The third-order valence-electron chi connectivity index (χ3n) is 3.38. The highest BCUT2D eigenvalue weighted by Gasteiger charge is 2.33. The van der Waals surface area contributed by atoms with E-state index in [9.17, 15) is 4.39 Å². The molecule has 0 aliphatic carbocycles. The van der Waals surface area contributed by atoms with Gasteiger partial charge in [-0.2, -0.15) is 0 Å². The van der Waals surface area contributed by atoms with E-state index in [1.54, 1.807) is 12.1 Å². The lowest BCUT2D eigenvalue weighted by Crippen LogP contribution is -2.41. The quantitative estimate of drug-likeness (QED) is 0.849. The molecule has 0 heterocycles. The van der Waals surface area contributed by atoms with E-state index in [1.165, 1.54) is 13.2 Å². The van der Waals surface area contributed by atoms with Crippen molar-refractivity contribution in [2.45, 2.75) is 38.8 Å². The summed E-state index contributed by atoms with van der Waals surface area (Å²) in [5, 5.41) is 0. The number of ether oxygens (including phenoxy) is 2. The monoisotopic (exact) mass is 255 g/mol. The third kappa shape index (κ3) is 3.00. The minimum Gasteiger partial charge on any atom is -0.497 e. The van der Waals surface area contributed by atoms with Crippen molar-refractivity contribution >= 4 is 0 Å². The molecular formula is C14H22FNO2. The highest BCUT2D eigenvalue weighted by Crippen LogP contribution is 2.32. The van der Waals surface area contributed by atoms with Crippen molar-refractivity contribution in [1.82, 2.24) is 0 Å². The SMILES string of the molecule is CCOC(C)(CC)C(N)c1ccc(OC)cc1F. The molecule has 0 radical (unpaired) electrons. The molecule has 1 aromatic carbocycles. The molecule has 102 valence electrons. The van der Waals surface area contributed by atoms with Crippen LogP contribution in [-0.4, -0.2) is 19.3 Å². The van der Waals surface area contributed by atoms with Crippen LogP contribution in [0.1, 0.15) is 38.8 Å². The molecule has 0 fully saturated rings. The standard InChI is InChI=1S/C14H22FNO2/c1-5-14(3,18-6-2)13(16)11-8-7-10(17-4)9-12(11)15/h7-9,13H,5-6,16H2,1-4H3. The molecule has 3 nitrogen and oxygen atoms in total. The number of benzene rings is 1. The van der Waals surface area contributed by atoms with Crippen molar-refractivity contribution in [2.24, 2.45) is 5.73 Å². The molecule has 0 amide bonds. The molecule has 1 aromatic rings. The number of rotatable bonds is 6. The van der Waals surface area contributed by atoms with E-state index in [1.807, 2.05) is 20.8 Å². The number of hydrogen-bond donors (Lipinski definition) is 1. The van der Waals surface area contributed by atoms with E-state index in [2.05, 4.69) is 0 Å². The molecule has 0 saturated carbocycles. The summed E-state index contributed by atoms with van der Waals surface area (Å²) in [6, 6.07) is 4.21. The highest BCUT2D eigenvalue weighted by molar-refractivity contribution is 5.32. The molecule has 2 N–H and O–H groups in total. The first-order valence-electron chi connectivity index (χ1n) is 6.21. The van der Waals surface area contributed by atoms with Crippen molar-refractivity contribution in [2.75, 3.05) is 13.7 Å². The number of halogens is 1. The van der Waals surface area contributed by atoms with Crippen LogP contribution in [0.15, 0.2) is 18.2 Å². The van der Waals surface area contributed by atoms with Gasteiger partial charge in [-0.1, -0.05) is 13.0 Å². The minimum absolute atomic E-state index is 0.360. The van der Waals surface area contributed by atoms with Crippen LogP contribution in [0.2, 0.25) is 0 Å². The maximum atomic E-state index is 14.0. The molecule has 0 spiro atoms. The first-order valence-corrected chi connectivity index (χ1v) is 6.21. The zero-order valence-corrected chi connectivity index (χ0v) is 11.5. The Labute approximate surface area is 108 Å². The van der Waals surface area contributed by atoms with Gasteiger partial charge in [-0.15, -0.1) is 0 Å². The molecule has 4 heteroatoms. The van der Waals surface area contributed by atoms with Crippen molar-refractivity contribution in [3.63, 3.8) is 0 Å². The molecule has 0 aromatic heterocycles. The maximum Gasteiger partial charge on any atom is 0.131 e. The van der Waals surface area contributed by atoms with Gasteiger partial charge in [0.2, 0.25) is 0 Å². The zero-order chi connectivity index (χ0) is 13.8. The number of methoxy groups -OCH3 is 1. The van der Waals surface area contributed by atoms with Crippen LogP contribution in [-0.2, 0) is 4.74 Å². The van der Waals surface area contributed by atoms with E-state index >= 15 is 0 Å². The molecule has 2 atom stereocenters. The summed E-state index contributed by atoms with van der Waals surface area (Å²) in [4.78, 5) is 0. The van der Waals surface area contributed by atoms with Crippen LogP contribution in [0, 0.1) is 5.82 Å². The third-order valence-corrected chi connectivity index (χ3v) is 3.38. The van der Waals surface area contributed by atoms with E-state index in [0.29, 0.717) is 24.3 Å². The fraction of sp³-hybridized carbons (Fsp3) is 0.571. The predicted octanol–water partition coefficient (Wildman–Crippen LogP) is 3.04. The smallest absolute Gasteiger partial charge is 0.131 e. The van der Waals surface area contributed by atoms with Crippen molar-refractivity contribution in [1.29, 1.82) is 0 Å². The average Bonchev–Trinajstić information content (AvgIpc) is 2.37. The van der Waals surface area contributed by atoms with Crippen molar-refractivity contribution < 1.29 is 13.9 Å². The van der Waals surface area contributed by atoms with Crippen LogP contribution >= 0.6 is 0 Å². The van der Waals surface area contributed by atoms with Crippen molar-refractivity contribution in [3.05, 3.63) is 29.6 Å². The van der Waals surface area contributed by atoms with Crippen LogP contribution in [0.3, 0.4) is 0 Å². The molecule has 0 saturated heterocycles. The summed E-state index contributed by atoms with van der Waals surface area (Å²) in [7, 11) is 1.50. The van der Waals surface area contributed by atoms with Gasteiger partial charge in [-0.05, 0) is 26.3 Å². The Morgan fingerprint density at radius 2 is 2.06 bits per heavy atom. The first-order chi connectivity index (χ1) is 8.48. The Balaban J connectivity index is 3.05. The molecular weight excluding hydrogens is 233 g/mol. The van der Waals surface area contributed by atoms with Gasteiger partial charge in [0.1, 0.15) is 11.6 Å². The normalized spacial score (nSPS) is 16.1. The minimum atomic E-state index is -0.565. The maximum absolute atomic E-state index is 14.0. The summed E-state index contributed by atoms with van der Waals surface area (Å²) >= 11 is 0. The first kappa shape index (κ1) is 14.9. The van der Waals surface area contributed by atoms with Gasteiger partial charge in [0.25, 0.3) is 0 Å². The summed E-state index contributed by atoms with van der Waals surface area (Å²) in [6.45, 7) is 6.35. The predicted molar refractivity (Wildman–Crippen MR) is 70.2 cm³/mol. The highest BCUT2D eigenvalue weighted by atomic mass is 19.1. The summed E-state index contributed by atoms with van der Waals surface area (Å²) in [5.41, 5.74) is 6.04. The van der Waals surface area contributed by atoms with Gasteiger partial charge in [0.15, 0.2) is 0 Å². The topological polar surface area (TPSA) is 44.5 Å². The van der Waals surface area contributed by atoms with E-state index < -0.39 is 11.6 Å². The lowest BCUT2D eigenvalue weighted by molar-refractivity contribution is -0.0479. The van der Waals surface area contributed by atoms with Gasteiger partial charge >= 0.3 is 0 Å². The Kier molecular flexibility index (Phi) is 5.11. The Bertz CT molecular complexity index is 397. The summed E-state index contributed by atoms with van der Waals surface area (Å²) < 4.78 is 24.6. The van der Waals surface area contributed by atoms with E-state index in [-0.39, 0.29) is 5.82 Å². The number of hydrogen-bond acceptors (Lipinski definition) is 3. The second-order valence-corrected chi connectivity index (χ2v) is 4.46. The van der Waals surface area contributed by atoms with Gasteiger partial charge in [0, 0.05) is 18.2 Å². The zero-order valence-electron chi connectivity index (χ0n) is 11.5. The summed E-state index contributed by atoms with van der Waals surface area (Å²) in [5.74, 6) is 0.124. The Morgan fingerprint density at radius 3 is 2.50 bits per heavy atom. The number of nitrogens with two attached hydrogens (primary N) is 1. The molecule has 18 heavy (non-hydrogen) atoms. The fourth-order valence-corrected chi connectivity index (χ4v) is 1.96. The van der Waals surface area contributed by atoms with Crippen LogP contribution in [0.4, 0.5) is 4.39 Å². The lowest BCUT2D eigenvalue weighted by Gasteiger charge is -2.34. The largest absolute Gasteiger partial charge is 0.497 e. The van der Waals surface area contributed by atoms with Crippen LogP contribution in [0.5, 0.6) is 5.75 Å². The van der Waals surface area contributed by atoms with Crippen LogP contribution in [0.25, 0.3) is 0 Å². The van der Waals surface area contributed by atoms with Crippen molar-refractivity contribution in [3.8, 4) is 5.75 Å². The van der Waals surface area contributed by atoms with Gasteiger partial charge < -0.3 is 15.2 Å². The molecule has 1 rings (SSSR count). The molecule has 2 unspecified atom stereocenters. The van der Waals surface area contributed by atoms with Crippen LogP contribution < -0.4 is 10.5 Å². The molecule has 0 aliphatic heterocycles. The molecule has 0 bridgehead atoms. The average molecular weight is 255 g/mol. The second-order valence-electron chi connectivity index (χ2n) is 4.46. The lowest BCUT2D eigenvalue weighted by atomic mass is 9.88. The van der Waals surface area contributed by atoms with Gasteiger partial charge in [-0.3, -0.25) is 0 Å². The Hall–Kier alpha value is -1.13. The fourth-order valence-electron chi connectivity index (χ4n) is 1.96.